The summed E-state index contributed by atoms with van der Waals surface area (Å²) in [6, 6.07) is 23.3. The van der Waals surface area contributed by atoms with Crippen LogP contribution in [0.5, 0.6) is 5.75 Å². The van der Waals surface area contributed by atoms with Gasteiger partial charge in [-0.1, -0.05) is 60.1 Å². The van der Waals surface area contributed by atoms with Gasteiger partial charge in [0.1, 0.15) is 5.75 Å². The molecule has 0 aromatic heterocycles. The summed E-state index contributed by atoms with van der Waals surface area (Å²) in [4.78, 5) is 26.0. The van der Waals surface area contributed by atoms with Gasteiger partial charge in [0.25, 0.3) is 5.91 Å². The SMILES string of the molecule is NC(=O)C1CCN(CCc2ccc(NC(=O)COc3ccc(-c4ccccc4)cc3Cl)cc2)CC1. The molecule has 1 fully saturated rings. The monoisotopic (exact) mass is 491 g/mol. The van der Waals surface area contributed by atoms with E-state index in [1.54, 1.807) is 6.07 Å². The molecular weight excluding hydrogens is 462 g/mol. The Hall–Kier alpha value is -3.35. The summed E-state index contributed by atoms with van der Waals surface area (Å²) in [5.41, 5.74) is 9.37. The summed E-state index contributed by atoms with van der Waals surface area (Å²) in [5.74, 6) is 0.0505. The molecule has 0 aliphatic carbocycles. The molecule has 1 saturated heterocycles. The summed E-state index contributed by atoms with van der Waals surface area (Å²) >= 11 is 6.37. The zero-order chi connectivity index (χ0) is 24.6. The molecule has 0 saturated carbocycles. The van der Waals surface area contributed by atoms with Crippen LogP contribution in [0, 0.1) is 5.92 Å². The second kappa shape index (κ2) is 11.9. The van der Waals surface area contributed by atoms with Crippen molar-refractivity contribution in [3.8, 4) is 16.9 Å². The van der Waals surface area contributed by atoms with Crippen molar-refractivity contribution in [3.63, 3.8) is 0 Å². The van der Waals surface area contributed by atoms with Crippen molar-refractivity contribution in [2.45, 2.75) is 19.3 Å². The van der Waals surface area contributed by atoms with E-state index in [9.17, 15) is 9.59 Å². The van der Waals surface area contributed by atoms with Crippen molar-refractivity contribution in [1.29, 1.82) is 0 Å². The van der Waals surface area contributed by atoms with Crippen LogP contribution in [0.4, 0.5) is 5.69 Å². The lowest BCUT2D eigenvalue weighted by atomic mass is 9.96. The number of carbonyl (C=O) groups is 2. The normalized spacial score (nSPS) is 14.4. The minimum Gasteiger partial charge on any atom is -0.482 e. The lowest BCUT2D eigenvalue weighted by Crippen LogP contribution is -2.39. The Bertz CT molecular complexity index is 1140. The largest absolute Gasteiger partial charge is 0.482 e. The summed E-state index contributed by atoms with van der Waals surface area (Å²) in [6.07, 6.45) is 2.59. The minimum atomic E-state index is -0.252. The molecule has 0 bridgehead atoms. The maximum atomic E-state index is 12.4. The maximum Gasteiger partial charge on any atom is 0.262 e. The second-order valence-corrected chi connectivity index (χ2v) is 9.22. The topological polar surface area (TPSA) is 84.7 Å². The Labute approximate surface area is 211 Å². The van der Waals surface area contributed by atoms with Gasteiger partial charge >= 0.3 is 0 Å². The van der Waals surface area contributed by atoms with E-state index in [4.69, 9.17) is 22.1 Å². The molecular formula is C28H30ClN3O3. The van der Waals surface area contributed by atoms with Gasteiger partial charge in [0.05, 0.1) is 5.02 Å². The Kier molecular flexibility index (Phi) is 8.40. The molecule has 1 aliphatic heterocycles. The molecule has 3 aromatic carbocycles. The molecule has 182 valence electrons. The number of hydrogen-bond acceptors (Lipinski definition) is 4. The molecule has 0 radical (unpaired) electrons. The van der Waals surface area contributed by atoms with Gasteiger partial charge < -0.3 is 20.7 Å². The van der Waals surface area contributed by atoms with E-state index in [0.717, 1.165) is 55.7 Å². The summed E-state index contributed by atoms with van der Waals surface area (Å²) in [5, 5.41) is 3.32. The first-order valence-electron chi connectivity index (χ1n) is 11.9. The number of amides is 2. The van der Waals surface area contributed by atoms with E-state index in [-0.39, 0.29) is 24.3 Å². The molecule has 7 heteroatoms. The number of primary amides is 1. The summed E-state index contributed by atoms with van der Waals surface area (Å²) < 4.78 is 5.63. The van der Waals surface area contributed by atoms with E-state index in [1.807, 2.05) is 66.7 Å². The number of ether oxygens (including phenoxy) is 1. The second-order valence-electron chi connectivity index (χ2n) is 8.81. The Morgan fingerprint density at radius 1 is 0.971 bits per heavy atom. The molecule has 0 spiro atoms. The van der Waals surface area contributed by atoms with Crippen molar-refractivity contribution in [2.75, 3.05) is 31.6 Å². The number of halogens is 1. The van der Waals surface area contributed by atoms with Crippen LogP contribution in [0.2, 0.25) is 5.02 Å². The number of nitrogens with zero attached hydrogens (tertiary/aromatic N) is 1. The molecule has 0 unspecified atom stereocenters. The van der Waals surface area contributed by atoms with Crippen LogP contribution in [0.15, 0.2) is 72.8 Å². The lowest BCUT2D eigenvalue weighted by Gasteiger charge is -2.30. The minimum absolute atomic E-state index is 0.0165. The third-order valence-corrected chi connectivity index (χ3v) is 6.64. The number of hydrogen-bond donors (Lipinski definition) is 2. The molecule has 3 N–H and O–H groups in total. The number of likely N-dealkylation sites (tertiary alicyclic amines) is 1. The predicted molar refractivity (Wildman–Crippen MR) is 140 cm³/mol. The Balaban J connectivity index is 1.21. The van der Waals surface area contributed by atoms with Crippen molar-refractivity contribution < 1.29 is 14.3 Å². The zero-order valence-corrected chi connectivity index (χ0v) is 20.3. The molecule has 1 aliphatic rings. The average Bonchev–Trinajstić information content (AvgIpc) is 2.88. The molecule has 3 aromatic rings. The number of carbonyl (C=O) groups excluding carboxylic acids is 2. The third kappa shape index (κ3) is 7.07. The number of rotatable bonds is 9. The van der Waals surface area contributed by atoms with Gasteiger partial charge in [-0.2, -0.15) is 0 Å². The highest BCUT2D eigenvalue weighted by atomic mass is 35.5. The fourth-order valence-electron chi connectivity index (χ4n) is 4.25. The molecule has 6 nitrogen and oxygen atoms in total. The highest BCUT2D eigenvalue weighted by molar-refractivity contribution is 6.32. The molecule has 2 amide bonds. The third-order valence-electron chi connectivity index (χ3n) is 6.34. The van der Waals surface area contributed by atoms with Gasteiger partial charge in [-0.15, -0.1) is 0 Å². The zero-order valence-electron chi connectivity index (χ0n) is 19.6. The van der Waals surface area contributed by atoms with Crippen LogP contribution in [-0.4, -0.2) is 43.0 Å². The van der Waals surface area contributed by atoms with Gasteiger partial charge in [-0.05, 0) is 73.3 Å². The van der Waals surface area contributed by atoms with E-state index in [2.05, 4.69) is 10.2 Å². The number of nitrogens with two attached hydrogens (primary N) is 1. The molecule has 1 heterocycles. The van der Waals surface area contributed by atoms with Gasteiger partial charge in [-0.25, -0.2) is 0 Å². The molecule has 35 heavy (non-hydrogen) atoms. The summed E-state index contributed by atoms with van der Waals surface area (Å²) in [7, 11) is 0. The quantitative estimate of drug-likeness (QED) is 0.451. The summed E-state index contributed by atoms with van der Waals surface area (Å²) in [6.45, 7) is 2.61. The first-order valence-corrected chi connectivity index (χ1v) is 12.2. The Morgan fingerprint density at radius 3 is 2.34 bits per heavy atom. The van der Waals surface area contributed by atoms with Crippen LogP contribution < -0.4 is 15.8 Å². The van der Waals surface area contributed by atoms with Crippen LogP contribution in [0.3, 0.4) is 0 Å². The van der Waals surface area contributed by atoms with Gasteiger partial charge in [0.2, 0.25) is 5.91 Å². The number of benzene rings is 3. The highest BCUT2D eigenvalue weighted by Crippen LogP contribution is 2.30. The van der Waals surface area contributed by atoms with Crippen molar-refractivity contribution in [1.82, 2.24) is 4.90 Å². The smallest absolute Gasteiger partial charge is 0.262 e. The maximum absolute atomic E-state index is 12.4. The van der Waals surface area contributed by atoms with Crippen molar-refractivity contribution >= 4 is 29.1 Å². The van der Waals surface area contributed by atoms with E-state index in [0.29, 0.717) is 10.8 Å². The number of piperidine rings is 1. The predicted octanol–water partition coefficient (Wildman–Crippen LogP) is 4.76. The lowest BCUT2D eigenvalue weighted by molar-refractivity contribution is -0.123. The van der Waals surface area contributed by atoms with Gasteiger partial charge in [-0.3, -0.25) is 9.59 Å². The fourth-order valence-corrected chi connectivity index (χ4v) is 4.49. The first kappa shape index (κ1) is 24.8. The first-order chi connectivity index (χ1) is 17.0. The van der Waals surface area contributed by atoms with E-state index in [1.165, 1.54) is 5.56 Å². The van der Waals surface area contributed by atoms with Crippen LogP contribution in [-0.2, 0) is 16.0 Å². The van der Waals surface area contributed by atoms with Crippen LogP contribution in [0.25, 0.3) is 11.1 Å². The van der Waals surface area contributed by atoms with Crippen LogP contribution in [0.1, 0.15) is 18.4 Å². The van der Waals surface area contributed by atoms with Crippen LogP contribution >= 0.6 is 11.6 Å². The van der Waals surface area contributed by atoms with Crippen molar-refractivity contribution in [3.05, 3.63) is 83.4 Å². The number of nitrogens with one attached hydrogen (secondary N) is 1. The van der Waals surface area contributed by atoms with Gasteiger partial charge in [0.15, 0.2) is 6.61 Å². The highest BCUT2D eigenvalue weighted by Gasteiger charge is 2.22. The molecule has 0 atom stereocenters. The Morgan fingerprint density at radius 2 is 1.69 bits per heavy atom. The average molecular weight is 492 g/mol. The fraction of sp³-hybridized carbons (Fsp3) is 0.286. The van der Waals surface area contributed by atoms with Crippen molar-refractivity contribution in [2.24, 2.45) is 11.7 Å². The standard InChI is InChI=1S/C28H30ClN3O3/c29-25-18-23(21-4-2-1-3-5-21)8-11-26(25)35-19-27(33)31-24-9-6-20(7-10-24)12-15-32-16-13-22(14-17-32)28(30)34/h1-11,18,22H,12-17,19H2,(H2,30,34)(H,31,33). The van der Waals surface area contributed by atoms with E-state index >= 15 is 0 Å². The van der Waals surface area contributed by atoms with E-state index < -0.39 is 0 Å². The number of anilines is 1. The van der Waals surface area contributed by atoms with Gasteiger partial charge in [0, 0.05) is 18.2 Å². The molecule has 4 rings (SSSR count).